The summed E-state index contributed by atoms with van der Waals surface area (Å²) in [5, 5.41) is 2.06. The molecule has 2 aliphatic heterocycles. The lowest BCUT2D eigenvalue weighted by Gasteiger charge is -2.34. The Morgan fingerprint density at radius 1 is 1.11 bits per heavy atom. The van der Waals surface area contributed by atoms with Crippen molar-refractivity contribution in [2.75, 3.05) is 6.54 Å². The van der Waals surface area contributed by atoms with Crippen LogP contribution in [0.15, 0.2) is 42.5 Å². The van der Waals surface area contributed by atoms with Gasteiger partial charge in [0.1, 0.15) is 0 Å². The second kappa shape index (κ2) is 6.23. The largest absolute Gasteiger partial charge is 0.492 e. The van der Waals surface area contributed by atoms with Crippen LogP contribution in [0.3, 0.4) is 0 Å². The zero-order valence-corrected chi connectivity index (χ0v) is 14.6. The monoisotopic (exact) mass is 398 g/mol. The maximum atomic E-state index is 13.7. The summed E-state index contributed by atoms with van der Waals surface area (Å²) in [4.78, 5) is 13.9. The molecule has 0 saturated carbocycles. The first kappa shape index (κ1) is 17.8. The molecule has 0 bridgehead atoms. The number of nitrogens with one attached hydrogen (secondary N) is 1. The Bertz CT molecular complexity index is 906. The topological polar surface area (TPSA) is 50.8 Å². The quantitative estimate of drug-likeness (QED) is 0.787. The standard InChI is InChI=1S/C18H14ClF3N2O3/c19-13-5-6-14-15(9-13)27-18(26-14,17(20,21)22)23-16(25)24-8-7-11-3-1-2-4-12(11)10-24/h1-6,9H,7-8,10H2,(H,23,25). The van der Waals surface area contributed by atoms with Gasteiger partial charge in [-0.05, 0) is 29.7 Å². The van der Waals surface area contributed by atoms with E-state index in [1.807, 2.05) is 29.6 Å². The van der Waals surface area contributed by atoms with E-state index in [0.717, 1.165) is 11.1 Å². The van der Waals surface area contributed by atoms with Crippen LogP contribution in [0.5, 0.6) is 11.5 Å². The Labute approximate surface area is 157 Å². The van der Waals surface area contributed by atoms with Crippen molar-refractivity contribution in [1.29, 1.82) is 0 Å². The van der Waals surface area contributed by atoms with E-state index < -0.39 is 18.1 Å². The van der Waals surface area contributed by atoms with E-state index in [9.17, 15) is 18.0 Å². The molecule has 0 aliphatic carbocycles. The normalized spacial score (nSPS) is 21.0. The number of rotatable bonds is 1. The molecule has 27 heavy (non-hydrogen) atoms. The van der Waals surface area contributed by atoms with Crippen LogP contribution in [0.2, 0.25) is 5.02 Å². The lowest BCUT2D eigenvalue weighted by molar-refractivity contribution is -0.318. The van der Waals surface area contributed by atoms with E-state index >= 15 is 0 Å². The van der Waals surface area contributed by atoms with Gasteiger partial charge in [0.15, 0.2) is 11.5 Å². The number of hydrogen-bond donors (Lipinski definition) is 1. The van der Waals surface area contributed by atoms with Crippen LogP contribution in [0.4, 0.5) is 18.0 Å². The predicted molar refractivity (Wildman–Crippen MR) is 90.6 cm³/mol. The van der Waals surface area contributed by atoms with E-state index in [0.29, 0.717) is 6.42 Å². The van der Waals surface area contributed by atoms with Crippen molar-refractivity contribution in [2.45, 2.75) is 25.1 Å². The Balaban J connectivity index is 1.57. The van der Waals surface area contributed by atoms with Gasteiger partial charge in [0.25, 0.3) is 0 Å². The van der Waals surface area contributed by atoms with E-state index in [2.05, 4.69) is 0 Å². The zero-order chi connectivity index (χ0) is 19.2. The number of hydrogen-bond acceptors (Lipinski definition) is 3. The Kier molecular flexibility index (Phi) is 4.10. The first-order chi connectivity index (χ1) is 12.8. The van der Waals surface area contributed by atoms with Crippen molar-refractivity contribution in [1.82, 2.24) is 10.2 Å². The van der Waals surface area contributed by atoms with Gasteiger partial charge in [0.05, 0.1) is 0 Å². The fourth-order valence-electron chi connectivity index (χ4n) is 3.10. The summed E-state index contributed by atoms with van der Waals surface area (Å²) in [7, 11) is 0. The van der Waals surface area contributed by atoms with Crippen molar-refractivity contribution in [3.8, 4) is 11.5 Å². The molecule has 0 spiro atoms. The highest BCUT2D eigenvalue weighted by molar-refractivity contribution is 6.30. The third kappa shape index (κ3) is 3.14. The summed E-state index contributed by atoms with van der Waals surface area (Å²) >= 11 is 5.79. The first-order valence-electron chi connectivity index (χ1n) is 8.16. The second-order valence-corrected chi connectivity index (χ2v) is 6.72. The van der Waals surface area contributed by atoms with Gasteiger partial charge in [-0.3, -0.25) is 5.32 Å². The molecule has 2 aliphatic rings. The molecule has 4 rings (SSSR count). The molecule has 2 aromatic carbocycles. The molecule has 0 saturated heterocycles. The molecule has 142 valence electrons. The second-order valence-electron chi connectivity index (χ2n) is 6.28. The number of halogens is 4. The predicted octanol–water partition coefficient (Wildman–Crippen LogP) is 4.10. The minimum Gasteiger partial charge on any atom is -0.424 e. The van der Waals surface area contributed by atoms with Crippen LogP contribution in [0, 0.1) is 0 Å². The van der Waals surface area contributed by atoms with Crippen LogP contribution in [0.25, 0.3) is 0 Å². The third-order valence-electron chi connectivity index (χ3n) is 4.48. The summed E-state index contributed by atoms with van der Waals surface area (Å²) in [5.74, 6) is -3.64. The van der Waals surface area contributed by atoms with E-state index in [1.165, 1.54) is 23.1 Å². The van der Waals surface area contributed by atoms with Crippen LogP contribution in [-0.2, 0) is 13.0 Å². The summed E-state index contributed by atoms with van der Waals surface area (Å²) in [6.45, 7) is 0.490. The number of urea groups is 1. The first-order valence-corrected chi connectivity index (χ1v) is 8.53. The Hall–Kier alpha value is -2.61. The molecule has 1 unspecified atom stereocenters. The number of ether oxygens (including phenoxy) is 2. The SMILES string of the molecule is O=C(NC1(C(F)(F)F)Oc2ccc(Cl)cc2O1)N1CCc2ccccc2C1. The smallest absolute Gasteiger partial charge is 0.424 e. The lowest BCUT2D eigenvalue weighted by atomic mass is 10.0. The summed E-state index contributed by atoms with van der Waals surface area (Å²) in [5.41, 5.74) is 1.96. The Morgan fingerprint density at radius 2 is 1.81 bits per heavy atom. The molecule has 2 aromatic rings. The van der Waals surface area contributed by atoms with Gasteiger partial charge in [0, 0.05) is 24.2 Å². The summed E-state index contributed by atoms with van der Waals surface area (Å²) in [6, 6.07) is 10.4. The lowest BCUT2D eigenvalue weighted by Crippen LogP contribution is -2.66. The minimum atomic E-state index is -5.01. The van der Waals surface area contributed by atoms with Crippen LogP contribution in [0.1, 0.15) is 11.1 Å². The maximum absolute atomic E-state index is 13.7. The molecule has 0 aromatic heterocycles. The molecule has 0 fully saturated rings. The van der Waals surface area contributed by atoms with Gasteiger partial charge < -0.3 is 14.4 Å². The Morgan fingerprint density at radius 3 is 2.56 bits per heavy atom. The van der Waals surface area contributed by atoms with Crippen molar-refractivity contribution < 1.29 is 27.4 Å². The molecule has 2 heterocycles. The van der Waals surface area contributed by atoms with E-state index in [1.54, 1.807) is 0 Å². The van der Waals surface area contributed by atoms with Crippen LogP contribution < -0.4 is 14.8 Å². The van der Waals surface area contributed by atoms with Crippen LogP contribution in [-0.4, -0.2) is 29.6 Å². The number of carbonyl (C=O) groups is 1. The van der Waals surface area contributed by atoms with Crippen LogP contribution >= 0.6 is 11.6 Å². The number of amides is 2. The van der Waals surface area contributed by atoms with E-state index in [4.69, 9.17) is 21.1 Å². The van der Waals surface area contributed by atoms with Gasteiger partial charge in [-0.2, -0.15) is 13.2 Å². The highest BCUT2D eigenvalue weighted by atomic mass is 35.5. The average Bonchev–Trinajstić information content (AvgIpc) is 2.99. The summed E-state index contributed by atoms with van der Waals surface area (Å²) < 4.78 is 51.2. The fourth-order valence-corrected chi connectivity index (χ4v) is 3.27. The van der Waals surface area contributed by atoms with Crippen molar-refractivity contribution in [3.63, 3.8) is 0 Å². The van der Waals surface area contributed by atoms with Gasteiger partial charge in [-0.15, -0.1) is 0 Å². The zero-order valence-electron chi connectivity index (χ0n) is 13.8. The minimum absolute atomic E-state index is 0.152. The molecule has 0 radical (unpaired) electrons. The summed E-state index contributed by atoms with van der Waals surface area (Å²) in [6.07, 6.45) is -4.46. The number of alkyl halides is 3. The molecular weight excluding hydrogens is 385 g/mol. The van der Waals surface area contributed by atoms with Gasteiger partial charge in [0.2, 0.25) is 0 Å². The molecule has 9 heteroatoms. The highest BCUT2D eigenvalue weighted by Crippen LogP contribution is 2.46. The number of benzene rings is 2. The molecule has 1 atom stereocenters. The third-order valence-corrected chi connectivity index (χ3v) is 4.71. The van der Waals surface area contributed by atoms with Crippen molar-refractivity contribution in [3.05, 3.63) is 58.6 Å². The molecule has 5 nitrogen and oxygen atoms in total. The maximum Gasteiger partial charge on any atom is 0.492 e. The highest BCUT2D eigenvalue weighted by Gasteiger charge is 2.66. The van der Waals surface area contributed by atoms with E-state index in [-0.39, 0.29) is 29.6 Å². The average molecular weight is 399 g/mol. The number of fused-ring (bicyclic) bond motifs is 2. The van der Waals surface area contributed by atoms with Gasteiger partial charge in [-0.1, -0.05) is 35.9 Å². The molecule has 1 N–H and O–H groups in total. The fraction of sp³-hybridized carbons (Fsp3) is 0.278. The van der Waals surface area contributed by atoms with Crippen molar-refractivity contribution >= 4 is 17.6 Å². The van der Waals surface area contributed by atoms with Crippen molar-refractivity contribution in [2.24, 2.45) is 0 Å². The molecular formula is C18H14ClF3N2O3. The number of nitrogens with zero attached hydrogens (tertiary/aromatic N) is 1. The molecule has 2 amide bonds. The number of carbonyl (C=O) groups excluding carboxylic acids is 1. The van der Waals surface area contributed by atoms with Gasteiger partial charge >= 0.3 is 18.1 Å². The van der Waals surface area contributed by atoms with Gasteiger partial charge in [-0.25, -0.2) is 4.79 Å².